The average molecular weight is 377 g/mol. The highest BCUT2D eigenvalue weighted by atomic mass is 16.5. The van der Waals surface area contributed by atoms with Crippen molar-refractivity contribution in [3.05, 3.63) is 78.4 Å². The molecule has 3 rings (SSSR count). The van der Waals surface area contributed by atoms with Gasteiger partial charge in [-0.05, 0) is 16.7 Å². The second-order valence-electron chi connectivity index (χ2n) is 6.38. The number of aliphatic carboxylic acids is 1. The molecule has 0 radical (unpaired) electrons. The van der Waals surface area contributed by atoms with Crippen molar-refractivity contribution >= 4 is 11.7 Å². The Hall–Kier alpha value is -3.47. The zero-order valence-electron chi connectivity index (χ0n) is 15.9. The smallest absolute Gasteiger partial charge is 0.305 e. The largest absolute Gasteiger partial charge is 0.497 e. The lowest BCUT2D eigenvalue weighted by molar-refractivity contribution is -0.137. The third kappa shape index (κ3) is 4.82. The molecule has 0 saturated carbocycles. The summed E-state index contributed by atoms with van der Waals surface area (Å²) < 4.78 is 10.6. The third-order valence-electron chi connectivity index (χ3n) is 4.49. The summed E-state index contributed by atoms with van der Waals surface area (Å²) in [7, 11) is 3.16. The Labute approximate surface area is 164 Å². The molecule has 5 heteroatoms. The molecule has 0 aliphatic heterocycles. The molecule has 0 aliphatic rings. The molecular weight excluding hydrogens is 354 g/mol. The van der Waals surface area contributed by atoms with Crippen LogP contribution in [0.5, 0.6) is 11.5 Å². The van der Waals surface area contributed by atoms with E-state index < -0.39 is 5.97 Å². The van der Waals surface area contributed by atoms with Gasteiger partial charge in [0, 0.05) is 23.9 Å². The molecule has 28 heavy (non-hydrogen) atoms. The second kappa shape index (κ2) is 8.95. The number of nitrogens with one attached hydrogen (secondary N) is 1. The van der Waals surface area contributed by atoms with Gasteiger partial charge in [0.05, 0.1) is 26.7 Å². The number of benzene rings is 3. The fourth-order valence-corrected chi connectivity index (χ4v) is 3.06. The molecule has 0 amide bonds. The molecule has 1 atom stereocenters. The highest BCUT2D eigenvalue weighted by molar-refractivity contribution is 5.70. The SMILES string of the molecule is COc1cc(NC(CC(=O)O)c2ccc(-c3ccccc3)cc2)cc(OC)c1. The monoisotopic (exact) mass is 377 g/mol. The first-order valence-corrected chi connectivity index (χ1v) is 8.96. The minimum Gasteiger partial charge on any atom is -0.497 e. The second-order valence-corrected chi connectivity index (χ2v) is 6.38. The first-order valence-electron chi connectivity index (χ1n) is 8.96. The molecule has 0 fully saturated rings. The van der Waals surface area contributed by atoms with Gasteiger partial charge < -0.3 is 19.9 Å². The van der Waals surface area contributed by atoms with E-state index in [1.54, 1.807) is 20.3 Å². The van der Waals surface area contributed by atoms with Crippen molar-refractivity contribution in [1.29, 1.82) is 0 Å². The molecule has 1 unspecified atom stereocenters. The lowest BCUT2D eigenvalue weighted by atomic mass is 9.99. The fraction of sp³-hybridized carbons (Fsp3) is 0.174. The first-order chi connectivity index (χ1) is 13.6. The van der Waals surface area contributed by atoms with Gasteiger partial charge in [0.25, 0.3) is 0 Å². The van der Waals surface area contributed by atoms with Crippen LogP contribution in [-0.2, 0) is 4.79 Å². The number of ether oxygens (including phenoxy) is 2. The van der Waals surface area contributed by atoms with Crippen molar-refractivity contribution in [2.45, 2.75) is 12.5 Å². The summed E-state index contributed by atoms with van der Waals surface area (Å²) >= 11 is 0. The minimum atomic E-state index is -0.875. The molecule has 0 aliphatic carbocycles. The Balaban J connectivity index is 1.87. The maximum Gasteiger partial charge on any atom is 0.305 e. The Morgan fingerprint density at radius 1 is 0.893 bits per heavy atom. The maximum absolute atomic E-state index is 11.4. The molecule has 2 N–H and O–H groups in total. The predicted octanol–water partition coefficient (Wildman–Crippen LogP) is 5.00. The molecule has 0 heterocycles. The highest BCUT2D eigenvalue weighted by Crippen LogP contribution is 2.30. The van der Waals surface area contributed by atoms with Gasteiger partial charge >= 0.3 is 5.97 Å². The Morgan fingerprint density at radius 2 is 1.46 bits per heavy atom. The van der Waals surface area contributed by atoms with E-state index >= 15 is 0 Å². The minimum absolute atomic E-state index is 0.0514. The number of anilines is 1. The third-order valence-corrected chi connectivity index (χ3v) is 4.49. The van der Waals surface area contributed by atoms with E-state index in [2.05, 4.69) is 5.32 Å². The number of hydrogen-bond acceptors (Lipinski definition) is 4. The predicted molar refractivity (Wildman–Crippen MR) is 110 cm³/mol. The lowest BCUT2D eigenvalue weighted by Gasteiger charge is -2.20. The molecular formula is C23H23NO4. The normalized spacial score (nSPS) is 11.5. The van der Waals surface area contributed by atoms with E-state index in [-0.39, 0.29) is 12.5 Å². The Bertz CT molecular complexity index is 901. The van der Waals surface area contributed by atoms with Gasteiger partial charge in [-0.3, -0.25) is 4.79 Å². The molecule has 0 saturated heterocycles. The van der Waals surface area contributed by atoms with E-state index in [1.165, 1.54) is 0 Å². The molecule has 0 aromatic heterocycles. The Morgan fingerprint density at radius 3 is 2.00 bits per heavy atom. The van der Waals surface area contributed by atoms with Gasteiger partial charge in [-0.15, -0.1) is 0 Å². The zero-order valence-corrected chi connectivity index (χ0v) is 15.9. The van der Waals surface area contributed by atoms with Crippen LogP contribution in [0.1, 0.15) is 18.0 Å². The van der Waals surface area contributed by atoms with Crippen LogP contribution >= 0.6 is 0 Å². The van der Waals surface area contributed by atoms with Crippen molar-refractivity contribution in [3.8, 4) is 22.6 Å². The van der Waals surface area contributed by atoms with Crippen LogP contribution in [0.2, 0.25) is 0 Å². The van der Waals surface area contributed by atoms with Crippen molar-refractivity contribution in [2.24, 2.45) is 0 Å². The zero-order chi connectivity index (χ0) is 19.9. The van der Waals surface area contributed by atoms with Crippen molar-refractivity contribution in [2.75, 3.05) is 19.5 Å². The van der Waals surface area contributed by atoms with Gasteiger partial charge in [0.2, 0.25) is 0 Å². The van der Waals surface area contributed by atoms with E-state index in [0.29, 0.717) is 11.5 Å². The standard InChI is InChI=1S/C23H23NO4/c1-27-20-12-19(13-21(14-20)28-2)24-22(15-23(25)26)18-10-8-17(9-11-18)16-6-4-3-5-7-16/h3-14,22,24H,15H2,1-2H3,(H,25,26). The average Bonchev–Trinajstić information content (AvgIpc) is 2.73. The van der Waals surface area contributed by atoms with E-state index in [4.69, 9.17) is 9.47 Å². The van der Waals surface area contributed by atoms with Gasteiger partial charge in [-0.1, -0.05) is 54.6 Å². The van der Waals surface area contributed by atoms with Crippen LogP contribution in [0.4, 0.5) is 5.69 Å². The first kappa shape index (κ1) is 19.3. The van der Waals surface area contributed by atoms with Gasteiger partial charge in [-0.2, -0.15) is 0 Å². The topological polar surface area (TPSA) is 67.8 Å². The number of carboxylic acids is 1. The Kier molecular flexibility index (Phi) is 6.17. The number of methoxy groups -OCH3 is 2. The highest BCUT2D eigenvalue weighted by Gasteiger charge is 2.17. The maximum atomic E-state index is 11.4. The molecule has 0 spiro atoms. The van der Waals surface area contributed by atoms with E-state index in [0.717, 1.165) is 22.4 Å². The van der Waals surface area contributed by atoms with Crippen LogP contribution in [0.25, 0.3) is 11.1 Å². The fourth-order valence-electron chi connectivity index (χ4n) is 3.06. The van der Waals surface area contributed by atoms with E-state index in [1.807, 2.05) is 66.7 Å². The van der Waals surface area contributed by atoms with Gasteiger partial charge in [-0.25, -0.2) is 0 Å². The molecule has 0 bridgehead atoms. The summed E-state index contributed by atoms with van der Waals surface area (Å²) in [6, 6.07) is 23.0. The molecule has 3 aromatic rings. The number of hydrogen-bond donors (Lipinski definition) is 2. The number of carbonyl (C=O) groups is 1. The summed E-state index contributed by atoms with van der Waals surface area (Å²) in [6.45, 7) is 0. The van der Waals surface area contributed by atoms with Crippen LogP contribution < -0.4 is 14.8 Å². The summed E-state index contributed by atoms with van der Waals surface area (Å²) in [5.41, 5.74) is 3.83. The van der Waals surface area contributed by atoms with Crippen molar-refractivity contribution in [3.63, 3.8) is 0 Å². The van der Waals surface area contributed by atoms with Gasteiger partial charge in [0.15, 0.2) is 0 Å². The number of carboxylic acid groups (broad SMARTS) is 1. The van der Waals surface area contributed by atoms with Crippen molar-refractivity contribution < 1.29 is 19.4 Å². The van der Waals surface area contributed by atoms with Crippen LogP contribution in [0.15, 0.2) is 72.8 Å². The lowest BCUT2D eigenvalue weighted by Crippen LogP contribution is -2.15. The summed E-state index contributed by atoms with van der Waals surface area (Å²) in [5, 5.41) is 12.7. The molecule has 144 valence electrons. The summed E-state index contributed by atoms with van der Waals surface area (Å²) in [6.07, 6.45) is -0.0514. The summed E-state index contributed by atoms with van der Waals surface area (Å²) in [4.78, 5) is 11.4. The quantitative estimate of drug-likeness (QED) is 0.578. The van der Waals surface area contributed by atoms with Crippen LogP contribution in [-0.4, -0.2) is 25.3 Å². The van der Waals surface area contributed by atoms with Crippen LogP contribution in [0, 0.1) is 0 Å². The van der Waals surface area contributed by atoms with Crippen molar-refractivity contribution in [1.82, 2.24) is 0 Å². The summed E-state index contributed by atoms with van der Waals surface area (Å²) in [5.74, 6) is 0.394. The van der Waals surface area contributed by atoms with Crippen LogP contribution in [0.3, 0.4) is 0 Å². The molecule has 3 aromatic carbocycles. The van der Waals surface area contributed by atoms with Gasteiger partial charge in [0.1, 0.15) is 11.5 Å². The molecule has 5 nitrogen and oxygen atoms in total. The number of rotatable bonds is 8. The van der Waals surface area contributed by atoms with E-state index in [9.17, 15) is 9.90 Å².